The molecule has 0 aromatic heterocycles. The van der Waals surface area contributed by atoms with E-state index in [-0.39, 0.29) is 11.9 Å². The molecule has 2 nitrogen and oxygen atoms in total. The molecule has 0 fully saturated rings. The monoisotopic (exact) mass is 205 g/mol. The maximum atomic E-state index is 10.7. The van der Waals surface area contributed by atoms with Crippen molar-refractivity contribution in [3.63, 3.8) is 0 Å². The highest BCUT2D eigenvalue weighted by molar-refractivity contribution is 6.18. The second-order valence-electron chi connectivity index (χ2n) is 3.40. The summed E-state index contributed by atoms with van der Waals surface area (Å²) in [7, 11) is 0. The summed E-state index contributed by atoms with van der Waals surface area (Å²) in [6.07, 6.45) is 5.92. The standard InChI is InChI=1S/C10H20ClNO/c1-3-4-5-6-7-10(8-11)12-9(2)13/h10H,3-8H2,1-2H3,(H,12,13). The minimum atomic E-state index is 0.0149. The summed E-state index contributed by atoms with van der Waals surface area (Å²) in [4.78, 5) is 10.7. The molecule has 0 saturated heterocycles. The third kappa shape index (κ3) is 8.10. The second kappa shape index (κ2) is 8.36. The van der Waals surface area contributed by atoms with E-state index in [9.17, 15) is 4.79 Å². The number of hydrogen-bond donors (Lipinski definition) is 1. The highest BCUT2D eigenvalue weighted by Gasteiger charge is 2.07. The predicted octanol–water partition coefficient (Wildman–Crippen LogP) is 2.70. The number of hydrogen-bond acceptors (Lipinski definition) is 1. The van der Waals surface area contributed by atoms with Gasteiger partial charge in [0.15, 0.2) is 0 Å². The van der Waals surface area contributed by atoms with Gasteiger partial charge in [0.2, 0.25) is 5.91 Å². The smallest absolute Gasteiger partial charge is 0.217 e. The van der Waals surface area contributed by atoms with Crippen LogP contribution in [0.4, 0.5) is 0 Å². The lowest BCUT2D eigenvalue weighted by molar-refractivity contribution is -0.119. The summed E-state index contributed by atoms with van der Waals surface area (Å²) in [5.74, 6) is 0.534. The first-order valence-electron chi connectivity index (χ1n) is 5.03. The number of carbonyl (C=O) groups is 1. The van der Waals surface area contributed by atoms with Gasteiger partial charge in [-0.25, -0.2) is 0 Å². The topological polar surface area (TPSA) is 29.1 Å². The van der Waals surface area contributed by atoms with Crippen LogP contribution in [0.2, 0.25) is 0 Å². The molecule has 0 heterocycles. The Morgan fingerprint density at radius 3 is 2.54 bits per heavy atom. The Balaban J connectivity index is 3.42. The lowest BCUT2D eigenvalue weighted by Gasteiger charge is -2.14. The Morgan fingerprint density at radius 2 is 2.08 bits per heavy atom. The van der Waals surface area contributed by atoms with Crippen LogP contribution in [0.15, 0.2) is 0 Å². The van der Waals surface area contributed by atoms with Gasteiger partial charge in [0.25, 0.3) is 0 Å². The fraction of sp³-hybridized carbons (Fsp3) is 0.900. The predicted molar refractivity (Wildman–Crippen MR) is 57.1 cm³/mol. The molecule has 0 aromatic rings. The van der Waals surface area contributed by atoms with E-state index in [0.29, 0.717) is 5.88 Å². The third-order valence-electron chi connectivity index (χ3n) is 2.00. The molecule has 0 spiro atoms. The number of rotatable bonds is 7. The van der Waals surface area contributed by atoms with Gasteiger partial charge in [0, 0.05) is 18.8 Å². The van der Waals surface area contributed by atoms with E-state index < -0.39 is 0 Å². The largest absolute Gasteiger partial charge is 0.352 e. The summed E-state index contributed by atoms with van der Waals surface area (Å²) >= 11 is 5.71. The van der Waals surface area contributed by atoms with Crippen LogP contribution >= 0.6 is 11.6 Å². The number of halogens is 1. The molecule has 0 aliphatic carbocycles. The van der Waals surface area contributed by atoms with Crippen molar-refractivity contribution in [2.24, 2.45) is 0 Å². The molecule has 1 atom stereocenters. The van der Waals surface area contributed by atoms with Crippen molar-refractivity contribution >= 4 is 17.5 Å². The normalized spacial score (nSPS) is 12.5. The Bertz CT molecular complexity index is 139. The number of carbonyl (C=O) groups excluding carboxylic acids is 1. The third-order valence-corrected chi connectivity index (χ3v) is 2.37. The van der Waals surface area contributed by atoms with E-state index in [4.69, 9.17) is 11.6 Å². The Morgan fingerprint density at radius 1 is 1.38 bits per heavy atom. The van der Waals surface area contributed by atoms with E-state index in [1.54, 1.807) is 0 Å². The molecule has 0 rings (SSSR count). The Kier molecular flexibility index (Phi) is 8.21. The van der Waals surface area contributed by atoms with Gasteiger partial charge < -0.3 is 5.32 Å². The van der Waals surface area contributed by atoms with Gasteiger partial charge in [-0.05, 0) is 6.42 Å². The molecule has 78 valence electrons. The van der Waals surface area contributed by atoms with Crippen molar-refractivity contribution in [2.45, 2.75) is 52.0 Å². The number of nitrogens with one attached hydrogen (secondary N) is 1. The molecular formula is C10H20ClNO. The second-order valence-corrected chi connectivity index (χ2v) is 3.71. The van der Waals surface area contributed by atoms with E-state index in [1.807, 2.05) is 0 Å². The summed E-state index contributed by atoms with van der Waals surface area (Å²) in [6, 6.07) is 0.163. The average molecular weight is 206 g/mol. The maximum Gasteiger partial charge on any atom is 0.217 e. The molecule has 3 heteroatoms. The van der Waals surface area contributed by atoms with Crippen LogP contribution in [0.1, 0.15) is 46.0 Å². The number of amides is 1. The zero-order valence-electron chi connectivity index (χ0n) is 8.61. The van der Waals surface area contributed by atoms with Crippen LogP contribution in [-0.4, -0.2) is 17.8 Å². The first-order valence-corrected chi connectivity index (χ1v) is 5.57. The van der Waals surface area contributed by atoms with Crippen molar-refractivity contribution < 1.29 is 4.79 Å². The summed E-state index contributed by atoms with van der Waals surface area (Å²) in [6.45, 7) is 3.72. The first kappa shape index (κ1) is 12.8. The maximum absolute atomic E-state index is 10.7. The Labute approximate surface area is 86.0 Å². The lowest BCUT2D eigenvalue weighted by Crippen LogP contribution is -2.34. The molecule has 1 unspecified atom stereocenters. The SMILES string of the molecule is CCCCCCC(CCl)NC(C)=O. The summed E-state index contributed by atoms with van der Waals surface area (Å²) < 4.78 is 0. The quantitative estimate of drug-likeness (QED) is 0.503. The summed E-state index contributed by atoms with van der Waals surface area (Å²) in [5, 5.41) is 2.84. The average Bonchev–Trinajstić information content (AvgIpc) is 2.09. The van der Waals surface area contributed by atoms with Gasteiger partial charge in [0.1, 0.15) is 0 Å². The van der Waals surface area contributed by atoms with Crippen LogP contribution in [-0.2, 0) is 4.79 Å². The van der Waals surface area contributed by atoms with Crippen LogP contribution in [0.3, 0.4) is 0 Å². The fourth-order valence-electron chi connectivity index (χ4n) is 1.29. The zero-order valence-corrected chi connectivity index (χ0v) is 9.36. The van der Waals surface area contributed by atoms with Gasteiger partial charge in [0.05, 0.1) is 0 Å². The molecule has 13 heavy (non-hydrogen) atoms. The number of alkyl halides is 1. The molecule has 0 aliphatic heterocycles. The van der Waals surface area contributed by atoms with Crippen molar-refractivity contribution in [3.05, 3.63) is 0 Å². The molecule has 0 bridgehead atoms. The lowest BCUT2D eigenvalue weighted by atomic mass is 10.1. The van der Waals surface area contributed by atoms with Crippen LogP contribution in [0.25, 0.3) is 0 Å². The van der Waals surface area contributed by atoms with Crippen LogP contribution in [0.5, 0.6) is 0 Å². The zero-order chi connectivity index (χ0) is 10.1. The van der Waals surface area contributed by atoms with E-state index in [2.05, 4.69) is 12.2 Å². The van der Waals surface area contributed by atoms with Gasteiger partial charge in [-0.15, -0.1) is 11.6 Å². The van der Waals surface area contributed by atoms with Crippen molar-refractivity contribution in [3.8, 4) is 0 Å². The van der Waals surface area contributed by atoms with Crippen LogP contribution < -0.4 is 5.32 Å². The van der Waals surface area contributed by atoms with E-state index in [1.165, 1.54) is 26.2 Å². The molecule has 0 radical (unpaired) electrons. The highest BCUT2D eigenvalue weighted by Crippen LogP contribution is 2.06. The molecule has 1 N–H and O–H groups in total. The molecule has 0 aliphatic rings. The van der Waals surface area contributed by atoms with Gasteiger partial charge in [-0.1, -0.05) is 32.6 Å². The minimum absolute atomic E-state index is 0.0149. The van der Waals surface area contributed by atoms with Gasteiger partial charge in [-0.3, -0.25) is 4.79 Å². The highest BCUT2D eigenvalue weighted by atomic mass is 35.5. The van der Waals surface area contributed by atoms with E-state index >= 15 is 0 Å². The fourth-order valence-corrected chi connectivity index (χ4v) is 1.52. The molecule has 0 saturated carbocycles. The van der Waals surface area contributed by atoms with Crippen molar-refractivity contribution in [2.75, 3.05) is 5.88 Å². The molecular weight excluding hydrogens is 186 g/mol. The summed E-state index contributed by atoms with van der Waals surface area (Å²) in [5.41, 5.74) is 0. The molecule has 0 aromatic carbocycles. The van der Waals surface area contributed by atoms with Gasteiger partial charge in [-0.2, -0.15) is 0 Å². The minimum Gasteiger partial charge on any atom is -0.352 e. The Hall–Kier alpha value is -0.240. The van der Waals surface area contributed by atoms with E-state index in [0.717, 1.165) is 12.8 Å². The first-order chi connectivity index (χ1) is 6.20. The van der Waals surface area contributed by atoms with Gasteiger partial charge >= 0.3 is 0 Å². The van der Waals surface area contributed by atoms with Crippen LogP contribution in [0, 0.1) is 0 Å². The van der Waals surface area contributed by atoms with Crippen molar-refractivity contribution in [1.29, 1.82) is 0 Å². The number of unbranched alkanes of at least 4 members (excludes halogenated alkanes) is 3. The van der Waals surface area contributed by atoms with Crippen molar-refractivity contribution in [1.82, 2.24) is 5.32 Å². The molecule has 1 amide bonds.